The van der Waals surface area contributed by atoms with E-state index in [0.29, 0.717) is 22.8 Å². The van der Waals surface area contributed by atoms with Gasteiger partial charge in [-0.1, -0.05) is 29.8 Å². The molecule has 4 rings (SSSR count). The van der Waals surface area contributed by atoms with Crippen LogP contribution < -0.4 is 23.9 Å². The number of nitrogens with one attached hydrogen (secondary N) is 1. The number of hydrazone groups is 1. The van der Waals surface area contributed by atoms with Crippen LogP contribution in [0.3, 0.4) is 0 Å². The van der Waals surface area contributed by atoms with Crippen LogP contribution in [0.5, 0.6) is 17.2 Å². The minimum atomic E-state index is -4.07. The van der Waals surface area contributed by atoms with Gasteiger partial charge in [0.2, 0.25) is 6.79 Å². The second kappa shape index (κ2) is 9.84. The topological polar surface area (TPSA) is 107 Å². The Bertz CT molecular complexity index is 1320. The molecule has 0 aliphatic carbocycles. The van der Waals surface area contributed by atoms with Crippen molar-refractivity contribution in [2.75, 3.05) is 24.8 Å². The summed E-state index contributed by atoms with van der Waals surface area (Å²) in [6, 6.07) is 18.2. The van der Waals surface area contributed by atoms with Crippen LogP contribution in [0.25, 0.3) is 0 Å². The fourth-order valence-corrected chi connectivity index (χ4v) is 4.74. The highest BCUT2D eigenvalue weighted by molar-refractivity contribution is 7.92. The fraction of sp³-hybridized carbons (Fsp3) is 0.167. The van der Waals surface area contributed by atoms with E-state index in [1.165, 1.54) is 25.5 Å². The summed E-state index contributed by atoms with van der Waals surface area (Å²) in [4.78, 5) is 12.8. The Morgan fingerprint density at radius 3 is 2.59 bits per heavy atom. The number of anilines is 1. The van der Waals surface area contributed by atoms with E-state index in [1.54, 1.807) is 54.6 Å². The number of sulfonamides is 1. The molecule has 3 aromatic carbocycles. The molecule has 176 valence electrons. The molecule has 10 heteroatoms. The number of carbonyl (C=O) groups is 1. The molecule has 0 aromatic heterocycles. The van der Waals surface area contributed by atoms with Gasteiger partial charge in [0.15, 0.2) is 11.5 Å². The van der Waals surface area contributed by atoms with Crippen LogP contribution in [0, 0.1) is 6.92 Å². The van der Waals surface area contributed by atoms with Crippen molar-refractivity contribution in [2.45, 2.75) is 11.8 Å². The van der Waals surface area contributed by atoms with Gasteiger partial charge in [0.05, 0.1) is 23.9 Å². The summed E-state index contributed by atoms with van der Waals surface area (Å²) in [6.45, 7) is 1.51. The van der Waals surface area contributed by atoms with Gasteiger partial charge in [0.1, 0.15) is 12.3 Å². The molecule has 0 saturated carbocycles. The Labute approximate surface area is 197 Å². The van der Waals surface area contributed by atoms with Gasteiger partial charge in [-0.05, 0) is 55.0 Å². The minimum Gasteiger partial charge on any atom is -0.495 e. The second-order valence-electron chi connectivity index (χ2n) is 7.40. The molecule has 0 unspecified atom stereocenters. The van der Waals surface area contributed by atoms with E-state index < -0.39 is 22.5 Å². The van der Waals surface area contributed by atoms with E-state index in [1.807, 2.05) is 6.92 Å². The lowest BCUT2D eigenvalue weighted by Crippen LogP contribution is -2.39. The van der Waals surface area contributed by atoms with E-state index in [4.69, 9.17) is 14.2 Å². The normalized spacial score (nSPS) is 12.5. The molecule has 9 nitrogen and oxygen atoms in total. The number of methoxy groups -OCH3 is 1. The highest BCUT2D eigenvalue weighted by atomic mass is 32.2. The standard InChI is InChI=1S/C24H23N3O6S/c1-17-7-10-19(11-8-17)34(29,30)27(20-5-3-4-6-21(20)31-2)15-24(28)26-25-14-18-9-12-22-23(13-18)33-16-32-22/h3-14H,15-16H2,1-2H3,(H,26,28)/b25-14-. The molecule has 1 heterocycles. The number of aryl methyl sites for hydroxylation is 1. The van der Waals surface area contributed by atoms with Crippen LogP contribution in [0.2, 0.25) is 0 Å². The molecule has 0 fully saturated rings. The summed E-state index contributed by atoms with van der Waals surface area (Å²) < 4.78 is 43.9. The zero-order valence-corrected chi connectivity index (χ0v) is 19.4. The minimum absolute atomic E-state index is 0.0562. The number of hydrogen-bond acceptors (Lipinski definition) is 7. The van der Waals surface area contributed by atoms with E-state index in [9.17, 15) is 13.2 Å². The number of benzene rings is 3. The van der Waals surface area contributed by atoms with Gasteiger partial charge < -0.3 is 14.2 Å². The van der Waals surface area contributed by atoms with E-state index in [2.05, 4.69) is 10.5 Å². The summed E-state index contributed by atoms with van der Waals surface area (Å²) in [5, 5.41) is 3.95. The number of hydrogen-bond donors (Lipinski definition) is 1. The van der Waals surface area contributed by atoms with Gasteiger partial charge >= 0.3 is 0 Å². The van der Waals surface area contributed by atoms with Gasteiger partial charge in [-0.15, -0.1) is 0 Å². The number of fused-ring (bicyclic) bond motifs is 1. The zero-order chi connectivity index (χ0) is 24.1. The molecule has 0 radical (unpaired) electrons. The summed E-state index contributed by atoms with van der Waals surface area (Å²) in [5.74, 6) is 0.908. The first kappa shape index (κ1) is 23.1. The molecule has 1 aliphatic rings. The van der Waals surface area contributed by atoms with Crippen LogP contribution in [-0.4, -0.2) is 41.0 Å². The maximum atomic E-state index is 13.5. The number of nitrogens with zero attached hydrogens (tertiary/aromatic N) is 2. The van der Waals surface area contributed by atoms with Crippen LogP contribution in [0.1, 0.15) is 11.1 Å². The number of rotatable bonds is 8. The Morgan fingerprint density at radius 2 is 1.82 bits per heavy atom. The Balaban J connectivity index is 1.56. The maximum absolute atomic E-state index is 13.5. The monoisotopic (exact) mass is 481 g/mol. The first-order chi connectivity index (χ1) is 16.4. The highest BCUT2D eigenvalue weighted by Gasteiger charge is 2.29. The number of amides is 1. The van der Waals surface area contributed by atoms with Gasteiger partial charge in [0, 0.05) is 0 Å². The van der Waals surface area contributed by atoms with Gasteiger partial charge in [0.25, 0.3) is 15.9 Å². The molecular weight excluding hydrogens is 458 g/mol. The molecular formula is C24H23N3O6S. The lowest BCUT2D eigenvalue weighted by atomic mass is 10.2. The fourth-order valence-electron chi connectivity index (χ4n) is 3.31. The molecule has 0 spiro atoms. The highest BCUT2D eigenvalue weighted by Crippen LogP contribution is 2.33. The van der Waals surface area contributed by atoms with E-state index >= 15 is 0 Å². The lowest BCUT2D eigenvalue weighted by Gasteiger charge is -2.25. The van der Waals surface area contributed by atoms with Crippen molar-refractivity contribution in [2.24, 2.45) is 5.10 Å². The predicted octanol–water partition coefficient (Wildman–Crippen LogP) is 3.08. The molecule has 0 saturated heterocycles. The summed E-state index contributed by atoms with van der Waals surface area (Å²) in [6.07, 6.45) is 1.43. The van der Waals surface area contributed by atoms with Crippen molar-refractivity contribution < 1.29 is 27.4 Å². The first-order valence-electron chi connectivity index (χ1n) is 10.3. The maximum Gasteiger partial charge on any atom is 0.264 e. The third-order valence-electron chi connectivity index (χ3n) is 5.05. The third kappa shape index (κ3) is 4.96. The zero-order valence-electron chi connectivity index (χ0n) is 18.6. The summed E-state index contributed by atoms with van der Waals surface area (Å²) in [5.41, 5.74) is 4.21. The Kier molecular flexibility index (Phi) is 6.69. The Hall–Kier alpha value is -4.05. The molecule has 0 bridgehead atoms. The largest absolute Gasteiger partial charge is 0.495 e. The van der Waals surface area contributed by atoms with Crippen molar-refractivity contribution in [1.82, 2.24) is 5.43 Å². The quantitative estimate of drug-likeness (QED) is 0.392. The summed E-state index contributed by atoms with van der Waals surface area (Å²) in [7, 11) is -2.64. The smallest absolute Gasteiger partial charge is 0.264 e. The predicted molar refractivity (Wildman–Crippen MR) is 127 cm³/mol. The van der Waals surface area contributed by atoms with Crippen LogP contribution in [-0.2, 0) is 14.8 Å². The SMILES string of the molecule is COc1ccccc1N(CC(=O)N/N=C\c1ccc2c(c1)OCO2)S(=O)(=O)c1ccc(C)cc1. The Morgan fingerprint density at radius 1 is 1.09 bits per heavy atom. The summed E-state index contributed by atoms with van der Waals surface area (Å²) >= 11 is 0. The molecule has 1 amide bonds. The third-order valence-corrected chi connectivity index (χ3v) is 6.82. The van der Waals surface area contributed by atoms with Crippen molar-refractivity contribution in [3.05, 3.63) is 77.9 Å². The molecule has 3 aromatic rings. The molecule has 0 atom stereocenters. The van der Waals surface area contributed by atoms with Crippen LogP contribution >= 0.6 is 0 Å². The average molecular weight is 482 g/mol. The first-order valence-corrected chi connectivity index (χ1v) is 11.8. The second-order valence-corrected chi connectivity index (χ2v) is 9.26. The van der Waals surface area contributed by atoms with Gasteiger partial charge in [-0.3, -0.25) is 9.10 Å². The van der Waals surface area contributed by atoms with Gasteiger partial charge in [-0.2, -0.15) is 5.10 Å². The molecule has 1 N–H and O–H groups in total. The molecule has 1 aliphatic heterocycles. The van der Waals surface area contributed by atoms with Gasteiger partial charge in [-0.25, -0.2) is 13.8 Å². The van der Waals surface area contributed by atoms with E-state index in [0.717, 1.165) is 9.87 Å². The number of carbonyl (C=O) groups excluding carboxylic acids is 1. The van der Waals surface area contributed by atoms with Crippen molar-refractivity contribution >= 4 is 27.8 Å². The van der Waals surface area contributed by atoms with E-state index in [-0.39, 0.29) is 17.4 Å². The van der Waals surface area contributed by atoms with Crippen molar-refractivity contribution in [3.8, 4) is 17.2 Å². The van der Waals surface area contributed by atoms with Crippen LogP contribution in [0.15, 0.2) is 76.7 Å². The average Bonchev–Trinajstić information content (AvgIpc) is 3.31. The molecule has 34 heavy (non-hydrogen) atoms. The number of ether oxygens (including phenoxy) is 3. The van der Waals surface area contributed by atoms with Crippen molar-refractivity contribution in [3.63, 3.8) is 0 Å². The lowest BCUT2D eigenvalue weighted by molar-refractivity contribution is -0.119. The number of para-hydroxylation sites is 2. The van der Waals surface area contributed by atoms with Crippen molar-refractivity contribution in [1.29, 1.82) is 0 Å². The van der Waals surface area contributed by atoms with Crippen LogP contribution in [0.4, 0.5) is 5.69 Å².